The first-order chi connectivity index (χ1) is 48.1. The SMILES string of the molecule is CCOc1ccc(C2=NC(C)(C)CO2)cc1.CN(CCOc1ccc(CC(F)(F)C(=O)COc2ccc(C3=NC(C)(C)CO3)cc2)cc1)CC(c1ccc(Cl)cc1)c1ccc(Cl)cc1.CON(C)C(=O)C(F)(F)Cc1ccc(OCCN(C)CC(c2ccc(Cl)cc2)c2ccc(Cl)cc2)cc1. The number of ketones is 1. The second-order valence-electron chi connectivity index (χ2n) is 25.8. The first-order valence-corrected chi connectivity index (χ1v) is 34.4. The highest BCUT2D eigenvalue weighted by atomic mass is 35.5. The average molecular weight is 1470 g/mol. The molecule has 8 aromatic carbocycles. The van der Waals surface area contributed by atoms with E-state index >= 15 is 0 Å². The number of hydrogen-bond acceptors (Lipinski definition) is 13. The van der Waals surface area contributed by atoms with Gasteiger partial charge in [0, 0.05) is 89.1 Å². The van der Waals surface area contributed by atoms with E-state index in [1.807, 2.05) is 156 Å². The van der Waals surface area contributed by atoms with Crippen LogP contribution in [0.2, 0.25) is 20.1 Å². The van der Waals surface area contributed by atoms with Gasteiger partial charge >= 0.3 is 17.8 Å². The number of rotatable bonds is 30. The van der Waals surface area contributed by atoms with Crippen molar-refractivity contribution >= 4 is 69.9 Å². The summed E-state index contributed by atoms with van der Waals surface area (Å²) in [5.41, 5.74) is 6.55. The van der Waals surface area contributed by atoms with Crippen LogP contribution in [0, 0.1) is 0 Å². The fraction of sp³-hybridized carbons (Fsp3) is 0.342. The Morgan fingerprint density at radius 2 is 0.792 bits per heavy atom. The minimum absolute atomic E-state index is 0.0964. The minimum Gasteiger partial charge on any atom is -0.494 e. The summed E-state index contributed by atoms with van der Waals surface area (Å²) in [5, 5.41) is 3.25. The molecule has 0 aliphatic carbocycles. The highest BCUT2D eigenvalue weighted by Gasteiger charge is 2.42. The Morgan fingerprint density at radius 1 is 0.475 bits per heavy atom. The normalized spacial score (nSPS) is 13.8. The summed E-state index contributed by atoms with van der Waals surface area (Å²) in [6.45, 7) is 14.7. The zero-order chi connectivity index (χ0) is 72.9. The lowest BCUT2D eigenvalue weighted by Gasteiger charge is -2.25. The molecule has 14 nitrogen and oxygen atoms in total. The zero-order valence-corrected chi connectivity index (χ0v) is 61.1. The third-order valence-electron chi connectivity index (χ3n) is 16.4. The predicted octanol–water partition coefficient (Wildman–Crippen LogP) is 17.5. The van der Waals surface area contributed by atoms with Crippen LogP contribution in [0.3, 0.4) is 0 Å². The van der Waals surface area contributed by atoms with E-state index in [2.05, 4.69) is 38.5 Å². The van der Waals surface area contributed by atoms with Crippen molar-refractivity contribution in [1.29, 1.82) is 0 Å². The number of Topliss-reactive ketones (excluding diaryl/α,β-unsaturated/α-hetero) is 1. The number of nitrogens with zero attached hydrogens (tertiary/aromatic N) is 5. The summed E-state index contributed by atoms with van der Waals surface area (Å²) >= 11 is 24.4. The number of ether oxygens (including phenoxy) is 6. The van der Waals surface area contributed by atoms with Crippen LogP contribution < -0.4 is 18.9 Å². The molecule has 0 radical (unpaired) electrons. The first kappa shape index (κ1) is 78.5. The molecule has 0 bridgehead atoms. The maximum atomic E-state index is 14.8. The fourth-order valence-electron chi connectivity index (χ4n) is 10.7. The highest BCUT2D eigenvalue weighted by molar-refractivity contribution is 6.31. The smallest absolute Gasteiger partial charge is 0.330 e. The average Bonchev–Trinajstić information content (AvgIpc) is 1.48. The van der Waals surface area contributed by atoms with Crippen LogP contribution in [-0.2, 0) is 36.7 Å². The molecule has 0 N–H and O–H groups in total. The van der Waals surface area contributed by atoms with Crippen molar-refractivity contribution in [2.75, 3.05) is 94.1 Å². The summed E-state index contributed by atoms with van der Waals surface area (Å²) in [6, 6.07) is 58.5. The fourth-order valence-corrected chi connectivity index (χ4v) is 11.2. The standard InChI is InChI=1S/C38H38Cl2F2N2O4.C28H30Cl2F2N2O3.C13H17NO2/c1-37(2)25-48-36(43-37)29-10-18-33(19-11-29)47-24-35(45)38(41,42)22-26-4-16-32(17-5-26)46-21-20-44(3)23-34(27-6-12-30(39)13-7-27)28-8-14-31(40)15-9-28;1-33(19-26(21-6-10-23(29)11-7-21)22-8-12-24(30)13-9-22)16-17-37-25-14-4-20(5-15-25)18-28(31,32)27(35)34(2)36-3;1-4-15-11-7-5-10(6-8-11)12-14-13(2,3)9-16-12/h4-19,34H,20-25H2,1-3H3;4-15,26H,16-19H2,1-3H3;5-8H,4,9H2,1-3H3. The van der Waals surface area contributed by atoms with E-state index in [0.717, 1.165) is 72.3 Å². The van der Waals surface area contributed by atoms with E-state index in [9.17, 15) is 27.2 Å². The van der Waals surface area contributed by atoms with Crippen LogP contribution in [0.5, 0.6) is 23.0 Å². The van der Waals surface area contributed by atoms with Gasteiger partial charge in [-0.25, -0.2) is 15.0 Å². The Hall–Kier alpha value is -8.20. The number of carbonyl (C=O) groups is 2. The molecular formula is C79H85Cl4F4N5O9. The predicted molar refractivity (Wildman–Crippen MR) is 393 cm³/mol. The number of amides is 1. The van der Waals surface area contributed by atoms with Crippen molar-refractivity contribution < 1.29 is 60.4 Å². The monoisotopic (exact) mass is 1460 g/mol. The lowest BCUT2D eigenvalue weighted by molar-refractivity contribution is -0.194. The van der Waals surface area contributed by atoms with Crippen LogP contribution in [0.15, 0.2) is 204 Å². The molecule has 0 saturated heterocycles. The first-order valence-electron chi connectivity index (χ1n) is 32.9. The number of carbonyl (C=O) groups excluding carboxylic acids is 2. The van der Waals surface area contributed by atoms with Crippen molar-refractivity contribution in [3.05, 3.63) is 259 Å². The maximum absolute atomic E-state index is 14.8. The van der Waals surface area contributed by atoms with Crippen LogP contribution in [0.25, 0.3) is 0 Å². The number of likely N-dealkylation sites (N-methyl/N-ethyl adjacent to an activating group) is 2. The molecule has 0 spiro atoms. The number of hydroxylamine groups is 2. The summed E-state index contributed by atoms with van der Waals surface area (Å²) in [6.07, 6.45) is -1.46. The van der Waals surface area contributed by atoms with Gasteiger partial charge in [-0.15, -0.1) is 0 Å². The highest BCUT2D eigenvalue weighted by Crippen LogP contribution is 2.32. The summed E-state index contributed by atoms with van der Waals surface area (Å²) in [7, 11) is 6.34. The molecular weight excluding hydrogens is 1380 g/mol. The molecule has 2 aliphatic rings. The quantitative estimate of drug-likeness (QED) is 0.0315. The van der Waals surface area contributed by atoms with Crippen molar-refractivity contribution in [3.8, 4) is 23.0 Å². The van der Waals surface area contributed by atoms with E-state index in [1.165, 1.54) is 12.1 Å². The van der Waals surface area contributed by atoms with Gasteiger partial charge in [-0.05, 0) is 203 Å². The van der Waals surface area contributed by atoms with Gasteiger partial charge in [0.05, 0.1) is 24.8 Å². The van der Waals surface area contributed by atoms with Crippen LogP contribution >= 0.6 is 46.4 Å². The number of halogens is 8. The Bertz CT molecular complexity index is 3900. The third kappa shape index (κ3) is 24.5. The molecule has 1 amide bonds. The van der Waals surface area contributed by atoms with Crippen LogP contribution in [-0.4, -0.2) is 155 Å². The molecule has 2 heterocycles. The number of alkyl halides is 4. The Morgan fingerprint density at radius 3 is 1.11 bits per heavy atom. The molecule has 2 aliphatic heterocycles. The topological polar surface area (TPSA) is 133 Å². The number of hydrogen-bond donors (Lipinski definition) is 0. The van der Waals surface area contributed by atoms with Gasteiger partial charge in [0.1, 0.15) is 49.4 Å². The van der Waals surface area contributed by atoms with Gasteiger partial charge < -0.3 is 38.2 Å². The molecule has 536 valence electrons. The molecule has 101 heavy (non-hydrogen) atoms. The lowest BCUT2D eigenvalue weighted by atomic mass is 9.91. The van der Waals surface area contributed by atoms with E-state index in [0.29, 0.717) is 106 Å². The number of aliphatic imine (C=N–C) groups is 2. The summed E-state index contributed by atoms with van der Waals surface area (Å²) in [5.74, 6) is -6.09. The van der Waals surface area contributed by atoms with Crippen molar-refractivity contribution in [1.82, 2.24) is 14.9 Å². The third-order valence-corrected chi connectivity index (χ3v) is 17.4. The van der Waals surface area contributed by atoms with Crippen LogP contribution in [0.1, 0.15) is 91.0 Å². The molecule has 8 aromatic rings. The summed E-state index contributed by atoms with van der Waals surface area (Å²) < 4.78 is 91.7. The zero-order valence-electron chi connectivity index (χ0n) is 58.0. The van der Waals surface area contributed by atoms with Gasteiger partial charge in [0.15, 0.2) is 6.61 Å². The van der Waals surface area contributed by atoms with Gasteiger partial charge in [-0.1, -0.05) is 119 Å². The van der Waals surface area contributed by atoms with Gasteiger partial charge in [-0.3, -0.25) is 14.4 Å². The van der Waals surface area contributed by atoms with Crippen molar-refractivity contribution in [3.63, 3.8) is 0 Å². The van der Waals surface area contributed by atoms with Gasteiger partial charge in [0.2, 0.25) is 17.6 Å². The Balaban J connectivity index is 0.000000215. The molecule has 0 aromatic heterocycles. The molecule has 0 fully saturated rings. The summed E-state index contributed by atoms with van der Waals surface area (Å²) in [4.78, 5) is 42.1. The second-order valence-corrected chi connectivity index (χ2v) is 27.5. The van der Waals surface area contributed by atoms with Crippen molar-refractivity contribution in [2.45, 2.75) is 82.2 Å². The molecule has 0 unspecified atom stereocenters. The molecule has 0 atom stereocenters. The van der Waals surface area contributed by atoms with Gasteiger partial charge in [0.25, 0.3) is 0 Å². The maximum Gasteiger partial charge on any atom is 0.330 e. The minimum atomic E-state index is -3.59. The Kier molecular flexibility index (Phi) is 28.5. The second kappa shape index (κ2) is 36.6. The van der Waals surface area contributed by atoms with E-state index < -0.39 is 43.0 Å². The van der Waals surface area contributed by atoms with Crippen molar-refractivity contribution in [2.24, 2.45) is 9.98 Å². The van der Waals surface area contributed by atoms with E-state index in [1.54, 1.807) is 60.7 Å². The molecule has 10 rings (SSSR count). The molecule has 22 heteroatoms. The van der Waals surface area contributed by atoms with E-state index in [4.69, 9.17) is 74.8 Å². The lowest BCUT2D eigenvalue weighted by Crippen LogP contribution is -2.42. The molecule has 0 saturated carbocycles. The van der Waals surface area contributed by atoms with E-state index in [-0.39, 0.29) is 22.9 Å². The number of benzene rings is 8. The Labute approximate surface area is 609 Å². The van der Waals surface area contributed by atoms with Crippen LogP contribution in [0.4, 0.5) is 17.6 Å². The van der Waals surface area contributed by atoms with Gasteiger partial charge in [-0.2, -0.15) is 17.6 Å². The largest absolute Gasteiger partial charge is 0.494 e.